The molecule has 0 saturated carbocycles. The molecule has 1 amide bonds. The fraction of sp³-hybridized carbons (Fsp3) is 0.176. The van der Waals surface area contributed by atoms with Gasteiger partial charge in [0.1, 0.15) is 6.04 Å². The van der Waals surface area contributed by atoms with Crippen LogP contribution in [0.2, 0.25) is 10.0 Å². The fourth-order valence-electron chi connectivity index (χ4n) is 2.32. The standard InChI is InChI=1S/C17H15Cl3N2O4S/c1-10(17(20)24)22(16-9-12(18)3-8-15(16)19)27(25,26)14-6-4-13(5-7-14)21-11(2)23/h3-10H,1-2H3,(H,21,23). The maximum absolute atomic E-state index is 13.2. The van der Waals surface area contributed by atoms with E-state index in [0.717, 1.165) is 4.31 Å². The lowest BCUT2D eigenvalue weighted by Crippen LogP contribution is -2.42. The number of carbonyl (C=O) groups excluding carboxylic acids is 2. The molecule has 0 heterocycles. The van der Waals surface area contributed by atoms with Crippen molar-refractivity contribution in [2.75, 3.05) is 9.62 Å². The highest BCUT2D eigenvalue weighted by molar-refractivity contribution is 7.93. The van der Waals surface area contributed by atoms with Gasteiger partial charge in [-0.25, -0.2) is 8.42 Å². The Kier molecular flexibility index (Phi) is 6.75. The maximum atomic E-state index is 13.2. The number of nitrogens with zero attached hydrogens (tertiary/aromatic N) is 1. The van der Waals surface area contributed by atoms with E-state index in [1.165, 1.54) is 56.3 Å². The lowest BCUT2D eigenvalue weighted by molar-refractivity contribution is -0.114. The van der Waals surface area contributed by atoms with E-state index in [4.69, 9.17) is 34.8 Å². The molecular formula is C17H15Cl3N2O4S. The quantitative estimate of drug-likeness (QED) is 0.666. The summed E-state index contributed by atoms with van der Waals surface area (Å²) in [7, 11) is -4.21. The molecule has 0 aliphatic heterocycles. The van der Waals surface area contributed by atoms with Crippen molar-refractivity contribution in [2.24, 2.45) is 0 Å². The van der Waals surface area contributed by atoms with Crippen LogP contribution >= 0.6 is 34.8 Å². The predicted octanol–water partition coefficient (Wildman–Crippen LogP) is 4.30. The lowest BCUT2D eigenvalue weighted by atomic mass is 10.3. The molecule has 2 aromatic carbocycles. The van der Waals surface area contributed by atoms with Crippen molar-refractivity contribution in [3.8, 4) is 0 Å². The van der Waals surface area contributed by atoms with Crippen LogP contribution in [-0.2, 0) is 19.6 Å². The number of nitrogens with one attached hydrogen (secondary N) is 1. The fourth-order valence-corrected chi connectivity index (χ4v) is 4.53. The Morgan fingerprint density at radius 2 is 1.67 bits per heavy atom. The van der Waals surface area contributed by atoms with E-state index in [2.05, 4.69) is 5.32 Å². The summed E-state index contributed by atoms with van der Waals surface area (Å²) >= 11 is 17.7. The Morgan fingerprint density at radius 1 is 1.07 bits per heavy atom. The molecular weight excluding hydrogens is 435 g/mol. The van der Waals surface area contributed by atoms with Crippen molar-refractivity contribution >= 4 is 67.4 Å². The molecule has 0 aromatic heterocycles. The summed E-state index contributed by atoms with van der Waals surface area (Å²) in [6.07, 6.45) is 0. The third-order valence-electron chi connectivity index (χ3n) is 3.56. The average Bonchev–Trinajstić information content (AvgIpc) is 2.57. The van der Waals surface area contributed by atoms with Gasteiger partial charge in [-0.15, -0.1) is 0 Å². The second-order valence-corrected chi connectivity index (χ2v) is 8.61. The Bertz CT molecular complexity index is 978. The summed E-state index contributed by atoms with van der Waals surface area (Å²) in [6.45, 7) is 2.68. The summed E-state index contributed by atoms with van der Waals surface area (Å²) in [6, 6.07) is 8.49. The molecule has 0 bridgehead atoms. The van der Waals surface area contributed by atoms with Crippen LogP contribution in [0.15, 0.2) is 47.4 Å². The molecule has 0 fully saturated rings. The highest BCUT2D eigenvalue weighted by Gasteiger charge is 2.34. The van der Waals surface area contributed by atoms with Crippen LogP contribution in [0.1, 0.15) is 13.8 Å². The Labute approximate surface area is 172 Å². The largest absolute Gasteiger partial charge is 0.326 e. The minimum atomic E-state index is -4.21. The van der Waals surface area contributed by atoms with E-state index < -0.39 is 21.3 Å². The Balaban J connectivity index is 2.58. The van der Waals surface area contributed by atoms with Gasteiger partial charge < -0.3 is 5.32 Å². The molecule has 10 heteroatoms. The van der Waals surface area contributed by atoms with Crippen molar-refractivity contribution < 1.29 is 18.0 Å². The lowest BCUT2D eigenvalue weighted by Gasteiger charge is -2.29. The Morgan fingerprint density at radius 3 is 2.19 bits per heavy atom. The number of hydrogen-bond acceptors (Lipinski definition) is 4. The first-order chi connectivity index (χ1) is 12.5. The highest BCUT2D eigenvalue weighted by atomic mass is 35.5. The van der Waals surface area contributed by atoms with Gasteiger partial charge in [0.2, 0.25) is 11.1 Å². The molecule has 6 nitrogen and oxygen atoms in total. The number of halogens is 3. The van der Waals surface area contributed by atoms with Crippen molar-refractivity contribution in [1.82, 2.24) is 0 Å². The zero-order valence-corrected chi connectivity index (χ0v) is 17.3. The first-order valence-electron chi connectivity index (χ1n) is 7.60. The zero-order chi connectivity index (χ0) is 20.4. The van der Waals surface area contributed by atoms with Gasteiger partial charge in [0.05, 0.1) is 15.6 Å². The van der Waals surface area contributed by atoms with Gasteiger partial charge in [0.25, 0.3) is 10.0 Å². The van der Waals surface area contributed by atoms with E-state index in [-0.39, 0.29) is 26.5 Å². The van der Waals surface area contributed by atoms with Gasteiger partial charge in [-0.2, -0.15) is 0 Å². The van der Waals surface area contributed by atoms with Gasteiger partial charge in [0, 0.05) is 17.6 Å². The monoisotopic (exact) mass is 448 g/mol. The number of rotatable bonds is 6. The molecule has 144 valence electrons. The third kappa shape index (κ3) is 4.93. The number of carbonyl (C=O) groups is 2. The van der Waals surface area contributed by atoms with Crippen molar-refractivity contribution in [2.45, 2.75) is 24.8 Å². The minimum Gasteiger partial charge on any atom is -0.326 e. The number of benzene rings is 2. The molecule has 1 unspecified atom stereocenters. The summed E-state index contributed by atoms with van der Waals surface area (Å²) < 4.78 is 27.2. The first-order valence-corrected chi connectivity index (χ1v) is 10.2. The maximum Gasteiger partial charge on any atom is 0.265 e. The third-order valence-corrected chi connectivity index (χ3v) is 6.33. The zero-order valence-electron chi connectivity index (χ0n) is 14.2. The van der Waals surface area contributed by atoms with Crippen molar-refractivity contribution in [1.29, 1.82) is 0 Å². The van der Waals surface area contributed by atoms with E-state index in [1.807, 2.05) is 0 Å². The average molecular weight is 450 g/mol. The number of amides is 1. The predicted molar refractivity (Wildman–Crippen MR) is 107 cm³/mol. The van der Waals surface area contributed by atoms with Gasteiger partial charge in [-0.05, 0) is 61.0 Å². The molecule has 2 aromatic rings. The number of hydrogen-bond donors (Lipinski definition) is 1. The van der Waals surface area contributed by atoms with E-state index in [9.17, 15) is 18.0 Å². The Hall–Kier alpha value is -1.80. The SMILES string of the molecule is CC(=O)Nc1ccc(S(=O)(=O)N(c2cc(Cl)ccc2Cl)C(C)C(=O)Cl)cc1. The molecule has 0 radical (unpaired) electrons. The van der Waals surface area contributed by atoms with Gasteiger partial charge >= 0.3 is 0 Å². The van der Waals surface area contributed by atoms with Crippen LogP contribution in [0.4, 0.5) is 11.4 Å². The first kappa shape index (κ1) is 21.5. The van der Waals surface area contributed by atoms with Crippen LogP contribution in [-0.4, -0.2) is 25.6 Å². The van der Waals surface area contributed by atoms with Crippen molar-refractivity contribution in [3.63, 3.8) is 0 Å². The van der Waals surface area contributed by atoms with E-state index in [1.54, 1.807) is 0 Å². The molecule has 1 atom stereocenters. The topological polar surface area (TPSA) is 83.6 Å². The van der Waals surface area contributed by atoms with E-state index >= 15 is 0 Å². The van der Waals surface area contributed by atoms with Gasteiger partial charge in [-0.1, -0.05) is 23.2 Å². The molecule has 0 spiro atoms. The van der Waals surface area contributed by atoms with Crippen molar-refractivity contribution in [3.05, 3.63) is 52.5 Å². The summed E-state index contributed by atoms with van der Waals surface area (Å²) in [5.41, 5.74) is 0.451. The van der Waals surface area contributed by atoms with Crippen LogP contribution in [0.25, 0.3) is 0 Å². The highest BCUT2D eigenvalue weighted by Crippen LogP contribution is 2.35. The minimum absolute atomic E-state index is 0.0246. The smallest absolute Gasteiger partial charge is 0.265 e. The van der Waals surface area contributed by atoms with Crippen LogP contribution in [0.5, 0.6) is 0 Å². The second-order valence-electron chi connectivity index (χ2n) is 5.58. The van der Waals surface area contributed by atoms with Gasteiger partial charge in [0.15, 0.2) is 0 Å². The second kappa shape index (κ2) is 8.48. The molecule has 0 aliphatic rings. The van der Waals surface area contributed by atoms with Crippen LogP contribution in [0.3, 0.4) is 0 Å². The number of sulfonamides is 1. The van der Waals surface area contributed by atoms with Crippen LogP contribution < -0.4 is 9.62 Å². The number of anilines is 2. The summed E-state index contributed by atoms with van der Waals surface area (Å²) in [5.74, 6) is -0.292. The van der Waals surface area contributed by atoms with Gasteiger partial charge in [-0.3, -0.25) is 13.9 Å². The van der Waals surface area contributed by atoms with E-state index in [0.29, 0.717) is 5.69 Å². The molecule has 1 N–H and O–H groups in total. The molecule has 0 saturated heterocycles. The molecule has 27 heavy (non-hydrogen) atoms. The summed E-state index contributed by atoms with van der Waals surface area (Å²) in [5, 5.41) is 1.98. The summed E-state index contributed by atoms with van der Waals surface area (Å²) in [4.78, 5) is 22.7. The normalized spacial score (nSPS) is 12.3. The molecule has 0 aliphatic carbocycles. The van der Waals surface area contributed by atoms with Crippen LogP contribution in [0, 0.1) is 0 Å². The molecule has 2 rings (SSSR count).